The van der Waals surface area contributed by atoms with E-state index in [-0.39, 0.29) is 53.6 Å². The number of hydrogen-bond acceptors (Lipinski definition) is 6. The van der Waals surface area contributed by atoms with Crippen LogP contribution in [0, 0.1) is 34.0 Å². The topological polar surface area (TPSA) is 112 Å². The molecule has 1 aliphatic heterocycles. The van der Waals surface area contributed by atoms with Gasteiger partial charge < -0.3 is 14.7 Å². The van der Waals surface area contributed by atoms with Gasteiger partial charge in [-0.3, -0.25) is 28.8 Å². The molecule has 3 aromatic rings. The van der Waals surface area contributed by atoms with Crippen molar-refractivity contribution in [2.45, 2.75) is 194 Å². The normalized spacial score (nSPS) is 29.3. The third-order valence-electron chi connectivity index (χ3n) is 21.1. The molecule has 0 radical (unpaired) electrons. The van der Waals surface area contributed by atoms with Gasteiger partial charge in [-0.1, -0.05) is 138 Å². The largest absolute Gasteiger partial charge is 0.306 e. The first-order valence-electron chi connectivity index (χ1n) is 27.2. The van der Waals surface area contributed by atoms with Gasteiger partial charge in [0.15, 0.2) is 17.3 Å². The number of amides is 3. The van der Waals surface area contributed by atoms with Crippen LogP contribution in [0.3, 0.4) is 0 Å². The van der Waals surface area contributed by atoms with Crippen LogP contribution in [-0.4, -0.2) is 69.8 Å². The Morgan fingerprint density at radius 1 is 0.347 bits per heavy atom. The Bertz CT molecular complexity index is 2590. The molecule has 6 atom stereocenters. The summed E-state index contributed by atoms with van der Waals surface area (Å²) < 4.78 is 0. The Balaban J connectivity index is 0.984. The van der Waals surface area contributed by atoms with Crippen LogP contribution in [-0.2, 0) is 80.5 Å². The number of carbonyl (C=O) groups is 6. The summed E-state index contributed by atoms with van der Waals surface area (Å²) in [5.41, 5.74) is 5.97. The Kier molecular flexibility index (Phi) is 11.1. The third-order valence-corrected chi connectivity index (χ3v) is 21.1. The predicted molar refractivity (Wildman–Crippen MR) is 281 cm³/mol. The number of rotatable bonds is 12. The van der Waals surface area contributed by atoms with E-state index in [1.165, 1.54) is 48.1 Å². The van der Waals surface area contributed by atoms with Crippen molar-refractivity contribution in [3.05, 3.63) is 105 Å². The molecule has 0 aromatic heterocycles. The molecule has 0 N–H and O–H groups in total. The number of hydrogen-bond donors (Lipinski definition) is 0. The first-order valence-corrected chi connectivity index (χ1v) is 27.2. The minimum absolute atomic E-state index is 0.0522. The summed E-state index contributed by atoms with van der Waals surface area (Å²) in [6.07, 6.45) is 7.02. The molecule has 0 spiro atoms. The fourth-order valence-electron chi connectivity index (χ4n) is 15.6. The molecule has 1 heterocycles. The van der Waals surface area contributed by atoms with E-state index in [2.05, 4.69) is 138 Å². The van der Waals surface area contributed by atoms with Gasteiger partial charge in [0.1, 0.15) is 0 Å². The summed E-state index contributed by atoms with van der Waals surface area (Å²) in [7, 11) is 0. The number of carbonyl (C=O) groups excluding carboxylic acids is 6. The van der Waals surface area contributed by atoms with Crippen LogP contribution >= 0.6 is 0 Å². The summed E-state index contributed by atoms with van der Waals surface area (Å²) >= 11 is 0. The van der Waals surface area contributed by atoms with E-state index < -0.39 is 68.0 Å². The monoisotopic (exact) mass is 976 g/mol. The van der Waals surface area contributed by atoms with Crippen molar-refractivity contribution < 1.29 is 28.8 Å². The summed E-state index contributed by atoms with van der Waals surface area (Å²) in [6, 6.07) is 19.7. The van der Waals surface area contributed by atoms with Crippen molar-refractivity contribution in [2.24, 2.45) is 34.0 Å². The van der Waals surface area contributed by atoms with Crippen LogP contribution in [0.15, 0.2) is 54.6 Å². The third kappa shape index (κ3) is 6.95. The fraction of sp³-hybridized carbons (Fsp3) is 0.619. The lowest BCUT2D eigenvalue weighted by atomic mass is 9.45. The lowest BCUT2D eigenvalue weighted by Gasteiger charge is -2.57. The highest BCUT2D eigenvalue weighted by atomic mass is 16.2. The van der Waals surface area contributed by atoms with Gasteiger partial charge in [-0.05, 0) is 161 Å². The molecule has 4 fully saturated rings. The lowest BCUT2D eigenvalue weighted by molar-refractivity contribution is -0.167. The van der Waals surface area contributed by atoms with Crippen LogP contribution in [0.25, 0.3) is 0 Å². The van der Waals surface area contributed by atoms with E-state index in [4.69, 9.17) is 0 Å². The SMILES string of the molecule is CC(C(=O)N1CN(C(=O)C(C)C(=O)C2(c3cc4cc(c3)C(C)(C)C4)CCC2(C)C)CN(C(=O)C(C)C(=O)C2(c3cc4cc(c3)C(C)(C)C4)CCC2(C)C)C1)C(=O)C1(c2cc3cc(c2)C(C)(C)C3)CCC1(C)C. The van der Waals surface area contributed by atoms with Gasteiger partial charge in [0.25, 0.3) is 0 Å². The standard InChI is InChI=1S/C63H81N3O6/c1-37(49(67)61(19-16-58(61,10)11)46-25-40-22-43(28-46)55(4,5)31-40)52(70)64-34-65(53(71)38(2)50(68)62(20-17-59(62,12)13)47-26-41-23-44(29-47)56(6,7)32-41)36-66(35-64)54(72)39(3)51(69)63(21-18-60(63,14)15)48-27-42-24-45(30-48)57(8,9)33-42/h22-30,37-39H,16-21,31-36H2,1-15H3. The maximum atomic E-state index is 15.4. The molecule has 3 amide bonds. The van der Waals surface area contributed by atoms with Crippen molar-refractivity contribution in [1.29, 1.82) is 0 Å². The molecule has 72 heavy (non-hydrogen) atoms. The minimum atomic E-state index is -1.10. The van der Waals surface area contributed by atoms with Gasteiger partial charge in [0, 0.05) is 0 Å². The Morgan fingerprint density at radius 2 is 0.569 bits per heavy atom. The average molecular weight is 976 g/mol. The summed E-state index contributed by atoms with van der Waals surface area (Å²) in [6.45, 7) is 30.5. The maximum Gasteiger partial charge on any atom is 0.235 e. The van der Waals surface area contributed by atoms with Crippen molar-refractivity contribution in [2.75, 3.05) is 20.0 Å². The molecule has 6 unspecified atom stereocenters. The minimum Gasteiger partial charge on any atom is -0.306 e. The van der Waals surface area contributed by atoms with E-state index >= 15 is 28.8 Å². The molecule has 6 bridgehead atoms. The molecule has 3 saturated carbocycles. The van der Waals surface area contributed by atoms with Crippen LogP contribution < -0.4 is 0 Å². The molecule has 9 heteroatoms. The first-order chi connectivity index (χ1) is 33.2. The lowest BCUT2D eigenvalue weighted by Crippen LogP contribution is -2.66. The van der Waals surface area contributed by atoms with Crippen LogP contribution in [0.4, 0.5) is 0 Å². The Labute approximate surface area is 429 Å². The van der Waals surface area contributed by atoms with Crippen molar-refractivity contribution in [3.8, 4) is 0 Å². The van der Waals surface area contributed by atoms with Crippen LogP contribution in [0.2, 0.25) is 0 Å². The van der Waals surface area contributed by atoms with Crippen molar-refractivity contribution in [3.63, 3.8) is 0 Å². The fourth-order valence-corrected chi connectivity index (χ4v) is 15.6. The molecule has 6 aliphatic carbocycles. The van der Waals surface area contributed by atoms with E-state index in [0.717, 1.165) is 55.2 Å². The second kappa shape index (κ2) is 15.8. The number of ketones is 3. The quantitative estimate of drug-likeness (QED) is 0.167. The zero-order valence-corrected chi connectivity index (χ0v) is 46.2. The zero-order chi connectivity index (χ0) is 52.5. The average Bonchev–Trinajstić information content (AvgIpc) is 3.76. The molecule has 10 rings (SSSR count). The first kappa shape index (κ1) is 50.6. The predicted octanol–water partition coefficient (Wildman–Crippen LogP) is 10.7. The zero-order valence-electron chi connectivity index (χ0n) is 46.2. The smallest absolute Gasteiger partial charge is 0.235 e. The molecule has 9 nitrogen and oxygen atoms in total. The second-order valence-corrected chi connectivity index (χ2v) is 28.1. The molecule has 7 aliphatic rings. The highest BCUT2D eigenvalue weighted by Crippen LogP contribution is 2.63. The van der Waals surface area contributed by atoms with Crippen molar-refractivity contribution >= 4 is 35.1 Å². The molecule has 1 saturated heterocycles. The van der Waals surface area contributed by atoms with Crippen molar-refractivity contribution in [1.82, 2.24) is 14.7 Å². The van der Waals surface area contributed by atoms with Gasteiger partial charge in [-0.15, -0.1) is 0 Å². The summed E-state index contributed by atoms with van der Waals surface area (Å²) in [5.74, 6) is -5.23. The van der Waals surface area contributed by atoms with Crippen LogP contribution in [0.1, 0.15) is 192 Å². The highest BCUT2D eigenvalue weighted by molar-refractivity contribution is 6.10. The molecule has 3 aromatic carbocycles. The van der Waals surface area contributed by atoms with Gasteiger partial charge in [-0.2, -0.15) is 0 Å². The molecule has 384 valence electrons. The maximum absolute atomic E-state index is 15.4. The number of nitrogens with zero attached hydrogens (tertiary/aromatic N) is 3. The van der Waals surface area contributed by atoms with Gasteiger partial charge >= 0.3 is 0 Å². The number of benzene rings is 3. The number of fused-ring (bicyclic) bond motifs is 6. The summed E-state index contributed by atoms with van der Waals surface area (Å²) in [4.78, 5) is 96.2. The van der Waals surface area contributed by atoms with E-state index in [9.17, 15) is 0 Å². The Hall–Kier alpha value is -4.92. The van der Waals surface area contributed by atoms with Gasteiger partial charge in [0.2, 0.25) is 17.7 Å². The van der Waals surface area contributed by atoms with E-state index in [1.54, 1.807) is 20.8 Å². The molecular weight excluding hydrogens is 895 g/mol. The Morgan fingerprint density at radius 3 is 0.750 bits per heavy atom. The van der Waals surface area contributed by atoms with Crippen LogP contribution in [0.5, 0.6) is 0 Å². The highest BCUT2D eigenvalue weighted by Gasteiger charge is 2.64. The van der Waals surface area contributed by atoms with Gasteiger partial charge in [-0.25, -0.2) is 0 Å². The number of Topliss-reactive ketones (excluding diaryl/α,β-unsaturated/α-hetero) is 3. The molecular formula is C63H81N3O6. The van der Waals surface area contributed by atoms with E-state index in [0.29, 0.717) is 19.3 Å². The van der Waals surface area contributed by atoms with E-state index in [1.807, 2.05) is 0 Å². The second-order valence-electron chi connectivity index (χ2n) is 28.1. The van der Waals surface area contributed by atoms with Gasteiger partial charge in [0.05, 0.1) is 54.0 Å². The summed E-state index contributed by atoms with van der Waals surface area (Å²) in [5, 5.41) is 0.